The number of Topliss-reactive ketones (excluding diaryl/α,β-unsaturated/α-hetero) is 1. The molecule has 1 fully saturated rings. The van der Waals surface area contributed by atoms with Crippen LogP contribution in [0.5, 0.6) is 0 Å². The van der Waals surface area contributed by atoms with Gasteiger partial charge >= 0.3 is 0 Å². The monoisotopic (exact) mass is 314 g/mol. The number of rotatable bonds is 4. The van der Waals surface area contributed by atoms with Crippen molar-refractivity contribution in [1.82, 2.24) is 9.80 Å². The summed E-state index contributed by atoms with van der Waals surface area (Å²) >= 11 is 12.2. The highest BCUT2D eigenvalue weighted by Gasteiger charge is 2.24. The topological polar surface area (TPSA) is 23.6 Å². The highest BCUT2D eigenvalue weighted by molar-refractivity contribution is 6.36. The number of carbonyl (C=O) groups excluding carboxylic acids is 1. The average Bonchev–Trinajstić information content (AvgIpc) is 2.38. The lowest BCUT2D eigenvalue weighted by atomic mass is 10.0. The SMILES string of the molecule is CN1CCN(C)C(CC(=O)Cc2c(Cl)cccc2Cl)C1. The van der Waals surface area contributed by atoms with Gasteiger partial charge in [-0.05, 0) is 31.8 Å². The van der Waals surface area contributed by atoms with Crippen LogP contribution in [0.2, 0.25) is 10.0 Å². The second-order valence-electron chi connectivity index (χ2n) is 5.52. The lowest BCUT2D eigenvalue weighted by Gasteiger charge is -2.37. The molecule has 20 heavy (non-hydrogen) atoms. The van der Waals surface area contributed by atoms with Crippen LogP contribution in [0.4, 0.5) is 0 Å². The molecule has 1 aromatic carbocycles. The third-order valence-electron chi connectivity index (χ3n) is 3.88. The minimum absolute atomic E-state index is 0.187. The molecule has 1 atom stereocenters. The fourth-order valence-electron chi connectivity index (χ4n) is 2.56. The van der Waals surface area contributed by atoms with Gasteiger partial charge in [0.05, 0.1) is 0 Å². The average molecular weight is 315 g/mol. The van der Waals surface area contributed by atoms with Crippen LogP contribution in [0.15, 0.2) is 18.2 Å². The molecule has 1 aliphatic rings. The van der Waals surface area contributed by atoms with Gasteiger partial charge in [-0.2, -0.15) is 0 Å². The number of ketones is 1. The molecular formula is C15H20Cl2N2O. The summed E-state index contributed by atoms with van der Waals surface area (Å²) in [4.78, 5) is 16.8. The lowest BCUT2D eigenvalue weighted by Crippen LogP contribution is -2.50. The number of hydrogen-bond acceptors (Lipinski definition) is 3. The first-order valence-electron chi connectivity index (χ1n) is 6.80. The molecule has 0 aliphatic carbocycles. The van der Waals surface area contributed by atoms with Crippen molar-refractivity contribution < 1.29 is 4.79 Å². The Kier molecular flexibility index (Phi) is 5.44. The largest absolute Gasteiger partial charge is 0.304 e. The number of likely N-dealkylation sites (N-methyl/N-ethyl adjacent to an activating group) is 2. The van der Waals surface area contributed by atoms with Crippen molar-refractivity contribution in [2.45, 2.75) is 18.9 Å². The van der Waals surface area contributed by atoms with E-state index < -0.39 is 0 Å². The van der Waals surface area contributed by atoms with Crippen molar-refractivity contribution >= 4 is 29.0 Å². The molecule has 1 saturated heterocycles. The molecule has 110 valence electrons. The molecule has 0 amide bonds. The molecule has 0 N–H and O–H groups in total. The van der Waals surface area contributed by atoms with E-state index in [2.05, 4.69) is 23.9 Å². The van der Waals surface area contributed by atoms with E-state index in [0.29, 0.717) is 22.9 Å². The maximum atomic E-state index is 12.3. The predicted octanol–water partition coefficient (Wildman–Crippen LogP) is 2.74. The molecule has 2 rings (SSSR count). The minimum Gasteiger partial charge on any atom is -0.304 e. The first kappa shape index (κ1) is 15.8. The molecular weight excluding hydrogens is 295 g/mol. The fourth-order valence-corrected chi connectivity index (χ4v) is 3.09. The van der Waals surface area contributed by atoms with Crippen LogP contribution >= 0.6 is 23.2 Å². The van der Waals surface area contributed by atoms with Gasteiger partial charge in [0.1, 0.15) is 5.78 Å². The van der Waals surface area contributed by atoms with Gasteiger partial charge in [-0.25, -0.2) is 0 Å². The smallest absolute Gasteiger partial charge is 0.138 e. The van der Waals surface area contributed by atoms with E-state index in [9.17, 15) is 4.79 Å². The maximum Gasteiger partial charge on any atom is 0.138 e. The quantitative estimate of drug-likeness (QED) is 0.853. The number of halogens is 2. The summed E-state index contributed by atoms with van der Waals surface area (Å²) in [5.74, 6) is 0.187. The highest BCUT2D eigenvalue weighted by atomic mass is 35.5. The van der Waals surface area contributed by atoms with E-state index in [1.165, 1.54) is 0 Å². The Labute approximate surface area is 130 Å². The molecule has 3 nitrogen and oxygen atoms in total. The van der Waals surface area contributed by atoms with Crippen LogP contribution in [0.1, 0.15) is 12.0 Å². The van der Waals surface area contributed by atoms with E-state index in [4.69, 9.17) is 23.2 Å². The second-order valence-corrected chi connectivity index (χ2v) is 6.33. The number of nitrogens with zero attached hydrogens (tertiary/aromatic N) is 2. The zero-order valence-electron chi connectivity index (χ0n) is 11.9. The maximum absolute atomic E-state index is 12.3. The molecule has 1 heterocycles. The van der Waals surface area contributed by atoms with Gasteiger partial charge in [-0.15, -0.1) is 0 Å². The Balaban J connectivity index is 1.98. The molecule has 0 spiro atoms. The number of piperazine rings is 1. The molecule has 0 saturated carbocycles. The van der Waals surface area contributed by atoms with Gasteiger partial charge in [-0.3, -0.25) is 4.79 Å². The molecule has 0 radical (unpaired) electrons. The van der Waals surface area contributed by atoms with Gasteiger partial charge in [0.15, 0.2) is 0 Å². The Morgan fingerprint density at radius 1 is 1.25 bits per heavy atom. The van der Waals surface area contributed by atoms with Gasteiger partial charge in [-0.1, -0.05) is 29.3 Å². The van der Waals surface area contributed by atoms with Crippen LogP contribution in [0, 0.1) is 0 Å². The van der Waals surface area contributed by atoms with Crippen molar-refractivity contribution in [2.75, 3.05) is 33.7 Å². The Bertz CT molecular complexity index is 473. The van der Waals surface area contributed by atoms with Crippen LogP contribution in [0.3, 0.4) is 0 Å². The van der Waals surface area contributed by atoms with Crippen LogP contribution in [-0.4, -0.2) is 55.4 Å². The van der Waals surface area contributed by atoms with E-state index in [1.807, 2.05) is 0 Å². The van der Waals surface area contributed by atoms with E-state index in [0.717, 1.165) is 25.2 Å². The third-order valence-corrected chi connectivity index (χ3v) is 4.59. The Morgan fingerprint density at radius 2 is 1.90 bits per heavy atom. The van der Waals surface area contributed by atoms with Gasteiger partial charge in [0, 0.05) is 48.6 Å². The molecule has 0 aromatic heterocycles. The first-order chi connectivity index (χ1) is 9.47. The molecule has 0 bridgehead atoms. The molecule has 5 heteroatoms. The van der Waals surface area contributed by atoms with Gasteiger partial charge < -0.3 is 9.80 Å². The summed E-state index contributed by atoms with van der Waals surface area (Å²) in [6.07, 6.45) is 0.856. The Morgan fingerprint density at radius 3 is 2.55 bits per heavy atom. The number of carbonyl (C=O) groups is 1. The van der Waals surface area contributed by atoms with Crippen molar-refractivity contribution in [3.05, 3.63) is 33.8 Å². The summed E-state index contributed by atoms with van der Waals surface area (Å²) in [5.41, 5.74) is 0.743. The van der Waals surface area contributed by atoms with Crippen LogP contribution < -0.4 is 0 Å². The first-order valence-corrected chi connectivity index (χ1v) is 7.56. The summed E-state index contributed by atoms with van der Waals surface area (Å²) in [7, 11) is 4.17. The van der Waals surface area contributed by atoms with Crippen LogP contribution in [0.25, 0.3) is 0 Å². The zero-order chi connectivity index (χ0) is 14.7. The van der Waals surface area contributed by atoms with E-state index in [-0.39, 0.29) is 11.8 Å². The summed E-state index contributed by atoms with van der Waals surface area (Å²) in [6, 6.07) is 5.62. The third kappa shape index (κ3) is 3.95. The lowest BCUT2D eigenvalue weighted by molar-refractivity contribution is -0.120. The van der Waals surface area contributed by atoms with E-state index >= 15 is 0 Å². The van der Waals surface area contributed by atoms with E-state index in [1.54, 1.807) is 18.2 Å². The second kappa shape index (κ2) is 6.90. The summed E-state index contributed by atoms with van der Waals surface area (Å²) in [6.45, 7) is 2.98. The standard InChI is InChI=1S/C15H20Cl2N2O/c1-18-6-7-19(2)11(10-18)8-12(20)9-13-14(16)4-3-5-15(13)17/h3-5,11H,6-10H2,1-2H3. The zero-order valence-corrected chi connectivity index (χ0v) is 13.4. The number of hydrogen-bond donors (Lipinski definition) is 0. The van der Waals surface area contributed by atoms with Crippen molar-refractivity contribution in [2.24, 2.45) is 0 Å². The summed E-state index contributed by atoms with van der Waals surface area (Å²) in [5, 5.41) is 1.14. The number of benzene rings is 1. The van der Waals surface area contributed by atoms with Crippen LogP contribution in [-0.2, 0) is 11.2 Å². The van der Waals surface area contributed by atoms with Crippen molar-refractivity contribution in [1.29, 1.82) is 0 Å². The van der Waals surface area contributed by atoms with Gasteiger partial charge in [0.25, 0.3) is 0 Å². The molecule has 1 aromatic rings. The predicted molar refractivity (Wildman–Crippen MR) is 83.7 cm³/mol. The highest BCUT2D eigenvalue weighted by Crippen LogP contribution is 2.25. The van der Waals surface area contributed by atoms with Crippen molar-refractivity contribution in [3.8, 4) is 0 Å². The fraction of sp³-hybridized carbons (Fsp3) is 0.533. The van der Waals surface area contributed by atoms with Gasteiger partial charge in [0.2, 0.25) is 0 Å². The van der Waals surface area contributed by atoms with Crippen molar-refractivity contribution in [3.63, 3.8) is 0 Å². The normalized spacial score (nSPS) is 21.1. The molecule has 1 aliphatic heterocycles. The Hall–Kier alpha value is -0.610. The minimum atomic E-state index is 0.187. The molecule has 1 unspecified atom stereocenters. The summed E-state index contributed by atoms with van der Waals surface area (Å²) < 4.78 is 0.